The molecule has 0 aliphatic carbocycles. The number of carbonyl (C=O) groups is 2. The van der Waals surface area contributed by atoms with Crippen LogP contribution in [0.15, 0.2) is 84.6 Å². The Hall–Kier alpha value is -4.39. The number of ether oxygens (including phenoxy) is 1. The molecule has 5 rings (SSSR count). The summed E-state index contributed by atoms with van der Waals surface area (Å²) in [5.74, 6) is -0.963. The van der Waals surface area contributed by atoms with Crippen LogP contribution in [0.1, 0.15) is 48.3 Å². The lowest BCUT2D eigenvalue weighted by molar-refractivity contribution is -0.140. The number of likely N-dealkylation sites (tertiary alicyclic amines) is 1. The number of pyridine rings is 1. The highest BCUT2D eigenvalue weighted by Gasteiger charge is 2.46. The van der Waals surface area contributed by atoms with Gasteiger partial charge in [0.25, 0.3) is 11.7 Å². The molecule has 1 saturated heterocycles. The average Bonchev–Trinajstić information content (AvgIpc) is 3.37. The summed E-state index contributed by atoms with van der Waals surface area (Å²) in [4.78, 5) is 32.9. The van der Waals surface area contributed by atoms with Crippen molar-refractivity contribution in [3.8, 4) is 5.75 Å². The molecule has 4 aromatic rings. The first-order valence-electron chi connectivity index (χ1n) is 12.5. The van der Waals surface area contributed by atoms with Gasteiger partial charge in [0, 0.05) is 12.7 Å². The topological polar surface area (TPSA) is 84.1 Å². The molecule has 1 aliphatic heterocycles. The molecule has 1 atom stereocenters. The molecular weight excluding hydrogens is 466 g/mol. The zero-order valence-electron chi connectivity index (χ0n) is 20.9. The van der Waals surface area contributed by atoms with Crippen molar-refractivity contribution in [2.75, 3.05) is 6.61 Å². The number of carbonyl (C=O) groups excluding carboxylic acids is 2. The zero-order chi connectivity index (χ0) is 25.9. The number of aromatic nitrogens is 2. The predicted octanol–water partition coefficient (Wildman–Crippen LogP) is 5.44. The third-order valence-corrected chi connectivity index (χ3v) is 6.60. The monoisotopic (exact) mass is 495 g/mol. The average molecular weight is 496 g/mol. The van der Waals surface area contributed by atoms with E-state index in [2.05, 4.69) is 11.9 Å². The number of amides is 1. The van der Waals surface area contributed by atoms with Crippen molar-refractivity contribution >= 4 is 23.1 Å². The maximum absolute atomic E-state index is 13.5. The van der Waals surface area contributed by atoms with Gasteiger partial charge in [-0.05, 0) is 48.7 Å². The van der Waals surface area contributed by atoms with Crippen LogP contribution in [0.4, 0.5) is 0 Å². The zero-order valence-corrected chi connectivity index (χ0v) is 20.9. The standard InChI is InChI=1S/C30H29N3O4/c1-3-4-17-37-23-14-10-13-22(18-23)27-25(28(34)26-20(2)31-24-15-8-9-16-32(24)26)29(35)30(36)33(27)19-21-11-6-5-7-12-21/h5-16,18,27,34H,3-4,17,19H2,1-2H3/b28-25+. The molecule has 0 saturated carbocycles. The van der Waals surface area contributed by atoms with Crippen LogP contribution in [0.5, 0.6) is 5.75 Å². The SMILES string of the molecule is CCCCOc1cccc(C2/C(=C(\O)c3c(C)nc4ccccn34)C(=O)C(=O)N2Cc2ccccc2)c1. The predicted molar refractivity (Wildman–Crippen MR) is 141 cm³/mol. The van der Waals surface area contributed by atoms with Crippen molar-refractivity contribution in [1.82, 2.24) is 14.3 Å². The second-order valence-electron chi connectivity index (χ2n) is 9.16. The highest BCUT2D eigenvalue weighted by molar-refractivity contribution is 6.46. The highest BCUT2D eigenvalue weighted by Crippen LogP contribution is 2.41. The number of imidazole rings is 1. The summed E-state index contributed by atoms with van der Waals surface area (Å²) >= 11 is 0. The molecule has 3 heterocycles. The van der Waals surface area contributed by atoms with E-state index >= 15 is 0 Å². The number of hydrogen-bond acceptors (Lipinski definition) is 5. The number of aliphatic hydroxyl groups excluding tert-OH is 1. The molecule has 1 N–H and O–H groups in total. The highest BCUT2D eigenvalue weighted by atomic mass is 16.5. The van der Waals surface area contributed by atoms with E-state index < -0.39 is 17.7 Å². The summed E-state index contributed by atoms with van der Waals surface area (Å²) in [7, 11) is 0. The van der Waals surface area contributed by atoms with Crippen LogP contribution in [0.3, 0.4) is 0 Å². The minimum atomic E-state index is -0.788. The number of Topliss-reactive ketones (excluding diaryl/α,β-unsaturated/α-hetero) is 1. The molecule has 1 aliphatic rings. The number of ketones is 1. The summed E-state index contributed by atoms with van der Waals surface area (Å²) in [6.07, 6.45) is 3.71. The fraction of sp³-hybridized carbons (Fsp3) is 0.233. The van der Waals surface area contributed by atoms with Gasteiger partial charge in [0.15, 0.2) is 5.76 Å². The van der Waals surface area contributed by atoms with Crippen LogP contribution in [0.2, 0.25) is 0 Å². The summed E-state index contributed by atoms with van der Waals surface area (Å²) in [6.45, 7) is 4.67. The van der Waals surface area contributed by atoms with Gasteiger partial charge in [-0.2, -0.15) is 0 Å². The summed E-state index contributed by atoms with van der Waals surface area (Å²) in [5.41, 5.74) is 3.22. The maximum atomic E-state index is 13.5. The number of fused-ring (bicyclic) bond motifs is 1. The number of nitrogens with zero attached hydrogens (tertiary/aromatic N) is 3. The van der Waals surface area contributed by atoms with Crippen molar-refractivity contribution in [2.24, 2.45) is 0 Å². The summed E-state index contributed by atoms with van der Waals surface area (Å²) in [6, 6.07) is 21.6. The van der Waals surface area contributed by atoms with Gasteiger partial charge in [0.05, 0.1) is 23.9 Å². The van der Waals surface area contributed by atoms with Gasteiger partial charge in [-0.3, -0.25) is 14.0 Å². The van der Waals surface area contributed by atoms with Gasteiger partial charge in [0.1, 0.15) is 17.1 Å². The molecular formula is C30H29N3O4. The van der Waals surface area contributed by atoms with Gasteiger partial charge in [-0.15, -0.1) is 0 Å². The molecule has 0 bridgehead atoms. The molecule has 7 heteroatoms. The minimum Gasteiger partial charge on any atom is -0.505 e. The second kappa shape index (κ2) is 10.3. The molecule has 2 aromatic heterocycles. The molecule has 0 spiro atoms. The minimum absolute atomic E-state index is 0.0420. The number of benzene rings is 2. The van der Waals surface area contributed by atoms with Gasteiger partial charge in [-0.1, -0.05) is 61.9 Å². The van der Waals surface area contributed by atoms with E-state index in [0.29, 0.717) is 35.0 Å². The van der Waals surface area contributed by atoms with Gasteiger partial charge < -0.3 is 14.7 Å². The van der Waals surface area contributed by atoms with E-state index in [1.54, 1.807) is 17.5 Å². The van der Waals surface area contributed by atoms with Crippen LogP contribution in [0, 0.1) is 6.92 Å². The first-order chi connectivity index (χ1) is 18.0. The molecule has 1 fully saturated rings. The van der Waals surface area contributed by atoms with Gasteiger partial charge in [0.2, 0.25) is 0 Å². The number of hydrogen-bond donors (Lipinski definition) is 1. The Morgan fingerprint density at radius 1 is 1.03 bits per heavy atom. The first-order valence-corrected chi connectivity index (χ1v) is 12.5. The lowest BCUT2D eigenvalue weighted by Crippen LogP contribution is -2.29. The largest absolute Gasteiger partial charge is 0.505 e. The van der Waals surface area contributed by atoms with Crippen LogP contribution in [-0.2, 0) is 16.1 Å². The van der Waals surface area contributed by atoms with Gasteiger partial charge >= 0.3 is 0 Å². The lowest BCUT2D eigenvalue weighted by Gasteiger charge is -2.26. The van der Waals surface area contributed by atoms with Crippen LogP contribution < -0.4 is 4.74 Å². The van der Waals surface area contributed by atoms with E-state index in [9.17, 15) is 14.7 Å². The van der Waals surface area contributed by atoms with Crippen LogP contribution in [0.25, 0.3) is 11.4 Å². The fourth-order valence-electron chi connectivity index (χ4n) is 4.80. The smallest absolute Gasteiger partial charge is 0.295 e. The van der Waals surface area contributed by atoms with Crippen molar-refractivity contribution in [3.63, 3.8) is 0 Å². The Morgan fingerprint density at radius 2 is 1.81 bits per heavy atom. The Labute approximate surface area is 215 Å². The molecule has 2 aromatic carbocycles. The number of aliphatic hydroxyl groups is 1. The molecule has 1 unspecified atom stereocenters. The maximum Gasteiger partial charge on any atom is 0.295 e. The Bertz CT molecular complexity index is 1490. The van der Waals surface area contributed by atoms with E-state index in [4.69, 9.17) is 4.74 Å². The summed E-state index contributed by atoms with van der Waals surface area (Å²) < 4.78 is 7.65. The molecule has 7 nitrogen and oxygen atoms in total. The fourth-order valence-corrected chi connectivity index (χ4v) is 4.80. The number of aryl methyl sites for hydroxylation is 1. The number of unbranched alkanes of at least 4 members (excludes halogenated alkanes) is 1. The Kier molecular flexibility index (Phi) is 6.77. The van der Waals surface area contributed by atoms with E-state index in [-0.39, 0.29) is 17.9 Å². The van der Waals surface area contributed by atoms with Gasteiger partial charge in [-0.25, -0.2) is 4.98 Å². The quantitative estimate of drug-likeness (QED) is 0.152. The van der Waals surface area contributed by atoms with Crippen molar-refractivity contribution in [1.29, 1.82) is 0 Å². The van der Waals surface area contributed by atoms with Crippen molar-refractivity contribution < 1.29 is 19.4 Å². The number of rotatable bonds is 8. The normalized spacial score (nSPS) is 17.0. The third kappa shape index (κ3) is 4.60. The Morgan fingerprint density at radius 3 is 2.59 bits per heavy atom. The van der Waals surface area contributed by atoms with Crippen LogP contribution in [-0.4, -0.2) is 37.7 Å². The molecule has 37 heavy (non-hydrogen) atoms. The molecule has 188 valence electrons. The Balaban J connectivity index is 1.66. The summed E-state index contributed by atoms with van der Waals surface area (Å²) in [5, 5.41) is 11.6. The second-order valence-corrected chi connectivity index (χ2v) is 9.16. The lowest BCUT2D eigenvalue weighted by atomic mass is 9.96. The first kappa shape index (κ1) is 24.3. The van der Waals surface area contributed by atoms with E-state index in [0.717, 1.165) is 18.4 Å². The van der Waals surface area contributed by atoms with E-state index in [1.165, 1.54) is 4.90 Å². The van der Waals surface area contributed by atoms with Crippen molar-refractivity contribution in [2.45, 2.75) is 39.3 Å². The van der Waals surface area contributed by atoms with Crippen LogP contribution >= 0.6 is 0 Å². The molecule has 0 radical (unpaired) electrons. The van der Waals surface area contributed by atoms with Crippen molar-refractivity contribution in [3.05, 3.63) is 107 Å². The van der Waals surface area contributed by atoms with E-state index in [1.807, 2.05) is 72.8 Å². The molecule has 1 amide bonds. The third-order valence-electron chi connectivity index (χ3n) is 6.60.